The summed E-state index contributed by atoms with van der Waals surface area (Å²) in [5.41, 5.74) is 0. The summed E-state index contributed by atoms with van der Waals surface area (Å²) in [6.45, 7) is 6.45. The van der Waals surface area contributed by atoms with Crippen molar-refractivity contribution in [1.29, 1.82) is 0 Å². The third-order valence-corrected chi connectivity index (χ3v) is 4.93. The minimum absolute atomic E-state index is 0.300. The van der Waals surface area contributed by atoms with E-state index in [1.54, 1.807) is 0 Å². The van der Waals surface area contributed by atoms with Crippen LogP contribution in [0.15, 0.2) is 0 Å². The van der Waals surface area contributed by atoms with Crippen molar-refractivity contribution in [2.45, 2.75) is 58.3 Å². The molecule has 2 rings (SSSR count). The maximum absolute atomic E-state index is 11.8. The number of hydrogen-bond donors (Lipinski definition) is 1. The third kappa shape index (κ3) is 7.57. The summed E-state index contributed by atoms with van der Waals surface area (Å²) >= 11 is 5.45. The zero-order valence-corrected chi connectivity index (χ0v) is 19.2. The standard InChI is InChI=1S/C19H28N2O10S/c1-10(22)27-9-14-15(28-11(2)23)16(29-12(3)24)17(30-13(4)25)18(31-14)20-19(32)21-5-7-26-8-6-21/h14-18H,5-9H2,1-4H3,(H,20,32). The zero-order valence-electron chi connectivity index (χ0n) is 18.4. The van der Waals surface area contributed by atoms with Crippen LogP contribution in [-0.2, 0) is 47.6 Å². The molecule has 2 heterocycles. The number of nitrogens with one attached hydrogen (secondary N) is 1. The van der Waals surface area contributed by atoms with Gasteiger partial charge in [-0.1, -0.05) is 0 Å². The molecule has 13 heteroatoms. The molecule has 5 atom stereocenters. The Morgan fingerprint density at radius 2 is 1.41 bits per heavy atom. The molecule has 0 aromatic rings. The smallest absolute Gasteiger partial charge is 0.303 e. The van der Waals surface area contributed by atoms with Crippen LogP contribution in [0.4, 0.5) is 0 Å². The van der Waals surface area contributed by atoms with E-state index in [0.29, 0.717) is 31.4 Å². The lowest BCUT2D eigenvalue weighted by Crippen LogP contribution is -2.67. The van der Waals surface area contributed by atoms with Crippen molar-refractivity contribution in [1.82, 2.24) is 10.2 Å². The zero-order chi connectivity index (χ0) is 23.8. The number of hydrogen-bond acceptors (Lipinski definition) is 11. The van der Waals surface area contributed by atoms with Gasteiger partial charge in [0.2, 0.25) is 0 Å². The number of ether oxygens (including phenoxy) is 6. The number of nitrogens with zero attached hydrogens (tertiary/aromatic N) is 1. The number of carbonyl (C=O) groups is 4. The maximum atomic E-state index is 11.8. The molecule has 12 nitrogen and oxygen atoms in total. The van der Waals surface area contributed by atoms with Gasteiger partial charge in [-0.25, -0.2) is 0 Å². The van der Waals surface area contributed by atoms with Gasteiger partial charge < -0.3 is 38.6 Å². The Kier molecular flexibility index (Phi) is 9.60. The van der Waals surface area contributed by atoms with Gasteiger partial charge in [0.15, 0.2) is 29.7 Å². The Bertz CT molecular complexity index is 727. The molecular weight excluding hydrogens is 448 g/mol. The van der Waals surface area contributed by atoms with E-state index in [2.05, 4.69) is 5.32 Å². The molecule has 1 N–H and O–H groups in total. The number of morpholine rings is 1. The largest absolute Gasteiger partial charge is 0.463 e. The minimum Gasteiger partial charge on any atom is -0.463 e. The second kappa shape index (κ2) is 11.9. The molecule has 0 spiro atoms. The van der Waals surface area contributed by atoms with Gasteiger partial charge in [0.1, 0.15) is 12.7 Å². The van der Waals surface area contributed by atoms with Gasteiger partial charge in [0, 0.05) is 40.8 Å². The summed E-state index contributed by atoms with van der Waals surface area (Å²) in [5, 5.41) is 3.27. The van der Waals surface area contributed by atoms with Crippen molar-refractivity contribution in [3.8, 4) is 0 Å². The Morgan fingerprint density at radius 1 is 0.875 bits per heavy atom. The summed E-state index contributed by atoms with van der Waals surface area (Å²) in [4.78, 5) is 48.6. The predicted octanol–water partition coefficient (Wildman–Crippen LogP) is -0.724. The molecule has 180 valence electrons. The van der Waals surface area contributed by atoms with Gasteiger partial charge in [-0.15, -0.1) is 0 Å². The van der Waals surface area contributed by atoms with Gasteiger partial charge in [-0.3, -0.25) is 19.2 Å². The highest BCUT2D eigenvalue weighted by molar-refractivity contribution is 7.80. The fraction of sp³-hybridized carbons (Fsp3) is 0.737. The van der Waals surface area contributed by atoms with Gasteiger partial charge >= 0.3 is 23.9 Å². The van der Waals surface area contributed by atoms with Crippen LogP contribution < -0.4 is 5.32 Å². The van der Waals surface area contributed by atoms with Crippen LogP contribution in [0.1, 0.15) is 27.7 Å². The molecule has 32 heavy (non-hydrogen) atoms. The first-order chi connectivity index (χ1) is 15.1. The molecule has 0 amide bonds. The summed E-state index contributed by atoms with van der Waals surface area (Å²) in [6.07, 6.45) is -5.81. The highest BCUT2D eigenvalue weighted by Crippen LogP contribution is 2.28. The molecule has 2 aliphatic rings. The van der Waals surface area contributed by atoms with E-state index in [1.165, 1.54) is 13.8 Å². The lowest BCUT2D eigenvalue weighted by molar-refractivity contribution is -0.255. The van der Waals surface area contributed by atoms with E-state index in [0.717, 1.165) is 13.8 Å². The lowest BCUT2D eigenvalue weighted by Gasteiger charge is -2.45. The van der Waals surface area contributed by atoms with E-state index >= 15 is 0 Å². The van der Waals surface area contributed by atoms with Crippen LogP contribution in [-0.4, -0.2) is 97.4 Å². The quantitative estimate of drug-likeness (QED) is 0.293. The van der Waals surface area contributed by atoms with Crippen molar-refractivity contribution in [3.05, 3.63) is 0 Å². The van der Waals surface area contributed by atoms with Crippen LogP contribution in [0.25, 0.3) is 0 Å². The van der Waals surface area contributed by atoms with Crippen LogP contribution >= 0.6 is 12.2 Å². The lowest BCUT2D eigenvalue weighted by atomic mass is 9.97. The molecule has 0 aromatic heterocycles. The fourth-order valence-electron chi connectivity index (χ4n) is 3.32. The molecular formula is C19H28N2O10S. The van der Waals surface area contributed by atoms with E-state index in [4.69, 9.17) is 40.6 Å². The second-order valence-corrected chi connectivity index (χ2v) is 7.56. The van der Waals surface area contributed by atoms with Crippen molar-refractivity contribution >= 4 is 41.2 Å². The monoisotopic (exact) mass is 476 g/mol. The summed E-state index contributed by atoms with van der Waals surface area (Å²) in [6, 6.07) is 0. The maximum Gasteiger partial charge on any atom is 0.303 e. The Labute approximate surface area is 190 Å². The average molecular weight is 477 g/mol. The molecule has 2 aliphatic heterocycles. The second-order valence-electron chi connectivity index (χ2n) is 7.17. The highest BCUT2D eigenvalue weighted by Gasteiger charge is 2.52. The molecule has 0 aromatic carbocycles. The normalized spacial score (nSPS) is 27.6. The summed E-state index contributed by atoms with van der Waals surface area (Å²) < 4.78 is 32.4. The predicted molar refractivity (Wildman–Crippen MR) is 110 cm³/mol. The van der Waals surface area contributed by atoms with Crippen molar-refractivity contribution in [2.24, 2.45) is 0 Å². The van der Waals surface area contributed by atoms with Crippen molar-refractivity contribution in [3.63, 3.8) is 0 Å². The van der Waals surface area contributed by atoms with E-state index in [9.17, 15) is 19.2 Å². The SMILES string of the molecule is CC(=O)OCC1OC(NC(=S)N2CCOCC2)C(OC(C)=O)C(OC(C)=O)C1OC(C)=O. The first-order valence-corrected chi connectivity index (χ1v) is 10.4. The molecule has 0 saturated carbocycles. The minimum atomic E-state index is -1.25. The van der Waals surface area contributed by atoms with E-state index in [-0.39, 0.29) is 6.61 Å². The molecule has 0 radical (unpaired) electrons. The van der Waals surface area contributed by atoms with Crippen LogP contribution in [0.5, 0.6) is 0 Å². The average Bonchev–Trinajstić information content (AvgIpc) is 2.70. The number of esters is 4. The van der Waals surface area contributed by atoms with Gasteiger partial charge in [0.05, 0.1) is 13.2 Å². The molecule has 5 unspecified atom stereocenters. The van der Waals surface area contributed by atoms with Crippen molar-refractivity contribution in [2.75, 3.05) is 32.9 Å². The van der Waals surface area contributed by atoms with Gasteiger partial charge in [-0.2, -0.15) is 0 Å². The third-order valence-electron chi connectivity index (χ3n) is 4.55. The highest BCUT2D eigenvalue weighted by atomic mass is 32.1. The molecule has 2 saturated heterocycles. The first kappa shape index (κ1) is 25.7. The van der Waals surface area contributed by atoms with Gasteiger partial charge in [-0.05, 0) is 12.2 Å². The van der Waals surface area contributed by atoms with Crippen LogP contribution in [0.3, 0.4) is 0 Å². The fourth-order valence-corrected chi connectivity index (χ4v) is 3.62. The van der Waals surface area contributed by atoms with Crippen molar-refractivity contribution < 1.29 is 47.6 Å². The van der Waals surface area contributed by atoms with Crippen LogP contribution in [0.2, 0.25) is 0 Å². The Morgan fingerprint density at radius 3 is 1.94 bits per heavy atom. The number of rotatable bonds is 6. The summed E-state index contributed by atoms with van der Waals surface area (Å²) in [7, 11) is 0. The molecule has 2 fully saturated rings. The van der Waals surface area contributed by atoms with E-state index < -0.39 is 54.5 Å². The first-order valence-electron chi connectivity index (χ1n) is 10.0. The van der Waals surface area contributed by atoms with E-state index in [1.807, 2.05) is 4.90 Å². The van der Waals surface area contributed by atoms with Crippen LogP contribution in [0, 0.1) is 0 Å². The number of thiocarbonyl (C=S) groups is 1. The Hall–Kier alpha value is -2.51. The Balaban J connectivity index is 2.35. The topological polar surface area (TPSA) is 139 Å². The molecule has 0 aliphatic carbocycles. The summed E-state index contributed by atoms with van der Waals surface area (Å²) in [5.74, 6) is -2.66. The molecule has 0 bridgehead atoms. The van der Waals surface area contributed by atoms with Gasteiger partial charge in [0.25, 0.3) is 0 Å². The number of carbonyl (C=O) groups excluding carboxylic acids is 4.